The van der Waals surface area contributed by atoms with E-state index in [9.17, 15) is 24.9 Å². The topological polar surface area (TPSA) is 123 Å². The maximum Gasteiger partial charge on any atom is 0.337 e. The van der Waals surface area contributed by atoms with Crippen molar-refractivity contribution in [3.05, 3.63) is 59.2 Å². The van der Waals surface area contributed by atoms with E-state index in [1.807, 2.05) is 0 Å². The van der Waals surface area contributed by atoms with Gasteiger partial charge in [-0.05, 0) is 41.0 Å². The normalized spacial score (nSPS) is 25.7. The molecule has 3 rings (SSSR count). The van der Waals surface area contributed by atoms with Gasteiger partial charge in [0.2, 0.25) is 0 Å². The summed E-state index contributed by atoms with van der Waals surface area (Å²) in [4.78, 5) is 24.1. The van der Waals surface area contributed by atoms with Gasteiger partial charge in [0.05, 0.1) is 44.2 Å². The van der Waals surface area contributed by atoms with Crippen molar-refractivity contribution < 1.29 is 39.1 Å². The van der Waals surface area contributed by atoms with Gasteiger partial charge >= 0.3 is 11.9 Å². The van der Waals surface area contributed by atoms with Gasteiger partial charge in [0.25, 0.3) is 0 Å². The molecule has 1 fully saturated rings. The molecule has 3 N–H and O–H groups in total. The van der Waals surface area contributed by atoms with Crippen molar-refractivity contribution in [3.8, 4) is 11.1 Å². The van der Waals surface area contributed by atoms with Gasteiger partial charge in [-0.3, -0.25) is 0 Å². The number of carbonyl (C=O) groups is 2. The van der Waals surface area contributed by atoms with E-state index in [-0.39, 0.29) is 17.7 Å². The van der Waals surface area contributed by atoms with Crippen LogP contribution in [0.25, 0.3) is 11.1 Å². The Kier molecular flexibility index (Phi) is 7.07. The van der Waals surface area contributed by atoms with Crippen LogP contribution in [-0.4, -0.2) is 66.4 Å². The predicted octanol–water partition coefficient (Wildman–Crippen LogP) is 1.72. The molecule has 0 aromatic heterocycles. The zero-order valence-corrected chi connectivity index (χ0v) is 17.5. The molecule has 5 atom stereocenters. The second-order valence-electron chi connectivity index (χ2n) is 7.53. The highest BCUT2D eigenvalue weighted by molar-refractivity contribution is 5.97. The van der Waals surface area contributed by atoms with E-state index in [1.54, 1.807) is 43.3 Å². The number of hydrogen-bond donors (Lipinski definition) is 3. The molecule has 5 unspecified atom stereocenters. The van der Waals surface area contributed by atoms with Crippen LogP contribution in [0.1, 0.15) is 39.3 Å². The summed E-state index contributed by atoms with van der Waals surface area (Å²) < 4.78 is 15.4. The Morgan fingerprint density at radius 1 is 0.935 bits per heavy atom. The molecule has 8 nitrogen and oxygen atoms in total. The van der Waals surface area contributed by atoms with Crippen LogP contribution in [0.2, 0.25) is 0 Å². The fourth-order valence-corrected chi connectivity index (χ4v) is 3.75. The molecule has 1 saturated heterocycles. The number of esters is 2. The molecular weight excluding hydrogens is 404 g/mol. The predicted molar refractivity (Wildman–Crippen MR) is 110 cm³/mol. The summed E-state index contributed by atoms with van der Waals surface area (Å²) in [5.74, 6) is -1.63. The highest BCUT2D eigenvalue weighted by atomic mass is 16.5. The van der Waals surface area contributed by atoms with Gasteiger partial charge in [0, 0.05) is 5.92 Å². The van der Waals surface area contributed by atoms with E-state index >= 15 is 0 Å². The van der Waals surface area contributed by atoms with E-state index in [0.717, 1.165) is 0 Å². The van der Waals surface area contributed by atoms with Gasteiger partial charge in [-0.2, -0.15) is 0 Å². The third kappa shape index (κ3) is 4.62. The summed E-state index contributed by atoms with van der Waals surface area (Å²) in [6.07, 6.45) is -3.72. The molecule has 2 aromatic rings. The molecule has 1 heterocycles. The Bertz CT molecular complexity index is 920. The smallest absolute Gasteiger partial charge is 0.337 e. The molecule has 1 aliphatic heterocycles. The van der Waals surface area contributed by atoms with Crippen LogP contribution >= 0.6 is 0 Å². The maximum atomic E-state index is 12.1. The number of carbonyl (C=O) groups excluding carboxylic acids is 2. The van der Waals surface area contributed by atoms with E-state index in [4.69, 9.17) is 14.2 Å². The molecule has 1 aliphatic rings. The van der Waals surface area contributed by atoms with Gasteiger partial charge in [-0.15, -0.1) is 0 Å². The average molecular weight is 430 g/mol. The Labute approximate surface area is 180 Å². The van der Waals surface area contributed by atoms with Crippen molar-refractivity contribution >= 4 is 11.9 Å². The second kappa shape index (κ2) is 9.57. The first kappa shape index (κ1) is 22.9. The Morgan fingerprint density at radius 3 is 2.10 bits per heavy atom. The monoisotopic (exact) mass is 430 g/mol. The van der Waals surface area contributed by atoms with Crippen LogP contribution in [0.4, 0.5) is 0 Å². The minimum atomic E-state index is -1.18. The maximum absolute atomic E-state index is 12.1. The lowest BCUT2D eigenvalue weighted by Gasteiger charge is -2.41. The Hall–Kier alpha value is -2.78. The van der Waals surface area contributed by atoms with Crippen molar-refractivity contribution in [2.45, 2.75) is 31.3 Å². The summed E-state index contributed by atoms with van der Waals surface area (Å²) in [7, 11) is 2.50. The number of aliphatic hydroxyl groups excluding tert-OH is 3. The molecule has 0 amide bonds. The Balaban J connectivity index is 2.03. The lowest BCUT2D eigenvalue weighted by molar-refractivity contribution is -0.206. The average Bonchev–Trinajstić information content (AvgIpc) is 2.81. The minimum absolute atomic E-state index is 0.185. The van der Waals surface area contributed by atoms with Crippen molar-refractivity contribution in [3.63, 3.8) is 0 Å². The summed E-state index contributed by atoms with van der Waals surface area (Å²) in [6, 6.07) is 11.6. The van der Waals surface area contributed by atoms with E-state index < -0.39 is 42.3 Å². The Morgan fingerprint density at radius 2 is 1.55 bits per heavy atom. The van der Waals surface area contributed by atoms with Gasteiger partial charge in [0.15, 0.2) is 0 Å². The number of rotatable bonds is 5. The number of benzene rings is 2. The van der Waals surface area contributed by atoms with Crippen LogP contribution in [0.5, 0.6) is 0 Å². The van der Waals surface area contributed by atoms with Crippen molar-refractivity contribution in [1.82, 2.24) is 0 Å². The fraction of sp³-hybridized carbons (Fsp3) is 0.391. The largest absolute Gasteiger partial charge is 0.465 e. The van der Waals surface area contributed by atoms with Gasteiger partial charge in [-0.25, -0.2) is 9.59 Å². The molecule has 2 aromatic carbocycles. The zero-order valence-electron chi connectivity index (χ0n) is 17.5. The standard InChI is InChI=1S/C23H26O8/c1-12-18(11-24)31-21(20(26)19(12)25)14-6-4-5-13(7-14)15-8-16(22(27)29-2)10-17(9-15)23(28)30-3/h4-10,12,18-21,24-26H,11H2,1-3H3. The first-order valence-electron chi connectivity index (χ1n) is 9.85. The van der Waals surface area contributed by atoms with Crippen molar-refractivity contribution in [1.29, 1.82) is 0 Å². The summed E-state index contributed by atoms with van der Waals surface area (Å²) in [5, 5.41) is 30.5. The van der Waals surface area contributed by atoms with E-state index in [0.29, 0.717) is 16.7 Å². The molecule has 8 heteroatoms. The molecule has 0 radical (unpaired) electrons. The number of aliphatic hydroxyl groups is 3. The zero-order chi connectivity index (χ0) is 22.7. The molecule has 166 valence electrons. The highest BCUT2D eigenvalue weighted by Gasteiger charge is 2.42. The third-order valence-electron chi connectivity index (χ3n) is 5.61. The highest BCUT2D eigenvalue weighted by Crippen LogP contribution is 2.36. The van der Waals surface area contributed by atoms with Gasteiger partial charge < -0.3 is 29.5 Å². The quantitative estimate of drug-likeness (QED) is 0.613. The van der Waals surface area contributed by atoms with Crippen LogP contribution in [0.3, 0.4) is 0 Å². The molecular formula is C23H26O8. The first-order chi connectivity index (χ1) is 14.8. The summed E-state index contributed by atoms with van der Waals surface area (Å²) in [5.41, 5.74) is 2.16. The number of methoxy groups -OCH3 is 2. The molecule has 0 aliphatic carbocycles. The fourth-order valence-electron chi connectivity index (χ4n) is 3.75. The van der Waals surface area contributed by atoms with Crippen molar-refractivity contribution in [2.75, 3.05) is 20.8 Å². The summed E-state index contributed by atoms with van der Waals surface area (Å²) in [6.45, 7) is 1.42. The lowest BCUT2D eigenvalue weighted by Crippen LogP contribution is -2.50. The second-order valence-corrected chi connectivity index (χ2v) is 7.53. The minimum Gasteiger partial charge on any atom is -0.465 e. The van der Waals surface area contributed by atoms with Crippen LogP contribution < -0.4 is 0 Å². The lowest BCUT2D eigenvalue weighted by atomic mass is 9.85. The van der Waals surface area contributed by atoms with Gasteiger partial charge in [0.1, 0.15) is 12.2 Å². The van der Waals surface area contributed by atoms with Crippen LogP contribution in [0, 0.1) is 5.92 Å². The van der Waals surface area contributed by atoms with E-state index in [2.05, 4.69) is 0 Å². The van der Waals surface area contributed by atoms with Crippen LogP contribution in [-0.2, 0) is 14.2 Å². The third-order valence-corrected chi connectivity index (χ3v) is 5.61. The number of ether oxygens (including phenoxy) is 3. The number of hydrogen-bond acceptors (Lipinski definition) is 8. The molecule has 0 spiro atoms. The van der Waals surface area contributed by atoms with Crippen molar-refractivity contribution in [2.24, 2.45) is 5.92 Å². The molecule has 0 saturated carbocycles. The molecule has 31 heavy (non-hydrogen) atoms. The van der Waals surface area contributed by atoms with Crippen LogP contribution in [0.15, 0.2) is 42.5 Å². The SMILES string of the molecule is COC(=O)c1cc(C(=O)OC)cc(-c2cccc(C3OC(CO)C(C)C(O)C3O)c2)c1. The first-order valence-corrected chi connectivity index (χ1v) is 9.85. The van der Waals surface area contributed by atoms with E-state index in [1.165, 1.54) is 20.3 Å². The van der Waals surface area contributed by atoms with Gasteiger partial charge in [-0.1, -0.05) is 25.1 Å². The molecule has 0 bridgehead atoms. The summed E-state index contributed by atoms with van der Waals surface area (Å²) >= 11 is 0.